The summed E-state index contributed by atoms with van der Waals surface area (Å²) >= 11 is 0. The molecule has 0 spiro atoms. The molecule has 3 N–H and O–H groups in total. The smallest absolute Gasteiger partial charge is 0.155 e. The van der Waals surface area contributed by atoms with Crippen molar-refractivity contribution in [3.63, 3.8) is 0 Å². The molecule has 0 saturated carbocycles. The fourth-order valence-corrected chi connectivity index (χ4v) is 2.73. The number of ether oxygens (including phenoxy) is 3. The Morgan fingerprint density at radius 3 is 1.30 bits per heavy atom. The Bertz CT molecular complexity index is 282. The zero-order valence-corrected chi connectivity index (χ0v) is 17.8. The van der Waals surface area contributed by atoms with Crippen LogP contribution in [0.3, 0.4) is 0 Å². The summed E-state index contributed by atoms with van der Waals surface area (Å²) in [7, 11) is 0. The lowest BCUT2D eigenvalue weighted by atomic mass is 10.2. The Kier molecular flexibility index (Phi) is 18.9. The molecule has 0 saturated heterocycles. The van der Waals surface area contributed by atoms with Crippen molar-refractivity contribution in [2.75, 3.05) is 13.2 Å². The van der Waals surface area contributed by atoms with E-state index in [0.717, 1.165) is 57.8 Å². The van der Waals surface area contributed by atoms with Gasteiger partial charge >= 0.3 is 0 Å². The van der Waals surface area contributed by atoms with Crippen LogP contribution in [-0.2, 0) is 14.2 Å². The van der Waals surface area contributed by atoms with Crippen molar-refractivity contribution in [1.29, 1.82) is 0 Å². The second-order valence-corrected chi connectivity index (χ2v) is 7.28. The van der Waals surface area contributed by atoms with Crippen LogP contribution in [0.4, 0.5) is 0 Å². The Labute approximate surface area is 166 Å². The molecule has 0 fully saturated rings. The Morgan fingerprint density at radius 2 is 0.926 bits per heavy atom. The van der Waals surface area contributed by atoms with Gasteiger partial charge in [0.2, 0.25) is 0 Å². The number of unbranched alkanes of at least 4 members (excludes halogenated alkanes) is 6. The summed E-state index contributed by atoms with van der Waals surface area (Å²) in [5.74, 6) is 0. The van der Waals surface area contributed by atoms with Gasteiger partial charge in [-0.25, -0.2) is 0 Å². The van der Waals surface area contributed by atoms with E-state index in [0.29, 0.717) is 19.3 Å². The molecule has 0 amide bonds. The van der Waals surface area contributed by atoms with Crippen LogP contribution in [0.15, 0.2) is 0 Å². The minimum absolute atomic E-state index is 0.125. The molecule has 6 nitrogen and oxygen atoms in total. The van der Waals surface area contributed by atoms with Crippen LogP contribution < -0.4 is 0 Å². The van der Waals surface area contributed by atoms with E-state index in [9.17, 15) is 15.3 Å². The van der Waals surface area contributed by atoms with E-state index in [1.54, 1.807) is 0 Å². The fourth-order valence-electron chi connectivity index (χ4n) is 2.73. The summed E-state index contributed by atoms with van der Waals surface area (Å²) in [4.78, 5) is 0. The topological polar surface area (TPSA) is 88.4 Å². The predicted molar refractivity (Wildman–Crippen MR) is 107 cm³/mol. The van der Waals surface area contributed by atoms with Gasteiger partial charge in [-0.05, 0) is 38.5 Å². The maximum absolute atomic E-state index is 10.1. The SMILES string of the molecule is CCCCCC(O)OCC(COC(O)CCCCC)OC(O)CCCCC. The minimum atomic E-state index is -0.886. The van der Waals surface area contributed by atoms with Crippen LogP contribution in [-0.4, -0.2) is 53.5 Å². The molecule has 0 heterocycles. The molecule has 3 unspecified atom stereocenters. The minimum Gasteiger partial charge on any atom is -0.368 e. The Hall–Kier alpha value is -0.240. The predicted octanol–water partition coefficient (Wildman–Crippen LogP) is 4.10. The number of rotatable bonds is 20. The lowest BCUT2D eigenvalue weighted by Gasteiger charge is -2.24. The van der Waals surface area contributed by atoms with Gasteiger partial charge in [0, 0.05) is 0 Å². The number of hydrogen-bond donors (Lipinski definition) is 3. The molecule has 0 radical (unpaired) electrons. The number of aliphatic hydroxyl groups excluding tert-OH is 3. The van der Waals surface area contributed by atoms with Crippen LogP contribution in [0.2, 0.25) is 0 Å². The first-order valence-electron chi connectivity index (χ1n) is 11.0. The lowest BCUT2D eigenvalue weighted by Crippen LogP contribution is -2.34. The normalized spacial score (nSPS) is 16.2. The molecule has 0 aromatic heterocycles. The molecule has 0 aliphatic rings. The van der Waals surface area contributed by atoms with Crippen LogP contribution in [0.1, 0.15) is 97.8 Å². The van der Waals surface area contributed by atoms with Gasteiger partial charge in [-0.15, -0.1) is 0 Å². The highest BCUT2D eigenvalue weighted by molar-refractivity contribution is 4.60. The van der Waals surface area contributed by atoms with Crippen molar-refractivity contribution >= 4 is 0 Å². The van der Waals surface area contributed by atoms with Crippen molar-refractivity contribution in [1.82, 2.24) is 0 Å². The molecule has 0 aromatic carbocycles. The van der Waals surface area contributed by atoms with Crippen molar-refractivity contribution in [3.8, 4) is 0 Å². The second kappa shape index (κ2) is 19.1. The summed E-state index contributed by atoms with van der Waals surface area (Å²) in [6, 6.07) is 0. The van der Waals surface area contributed by atoms with Gasteiger partial charge in [0.25, 0.3) is 0 Å². The van der Waals surface area contributed by atoms with Gasteiger partial charge in [0.15, 0.2) is 18.9 Å². The highest BCUT2D eigenvalue weighted by atomic mass is 16.7. The summed E-state index contributed by atoms with van der Waals surface area (Å²) in [5, 5.41) is 29.9. The van der Waals surface area contributed by atoms with Gasteiger partial charge in [0.05, 0.1) is 13.2 Å². The average molecular weight is 393 g/mol. The molecule has 0 rings (SSSR count). The van der Waals surface area contributed by atoms with E-state index in [-0.39, 0.29) is 13.2 Å². The highest BCUT2D eigenvalue weighted by Crippen LogP contribution is 2.12. The summed E-state index contributed by atoms with van der Waals surface area (Å²) in [5.41, 5.74) is 0. The van der Waals surface area contributed by atoms with E-state index >= 15 is 0 Å². The summed E-state index contributed by atoms with van der Waals surface area (Å²) in [6.07, 6.45) is 7.78. The molecular formula is C21H44O6. The molecule has 3 atom stereocenters. The molecule has 0 bridgehead atoms. The second-order valence-electron chi connectivity index (χ2n) is 7.28. The van der Waals surface area contributed by atoms with E-state index < -0.39 is 25.0 Å². The van der Waals surface area contributed by atoms with E-state index in [1.807, 2.05) is 0 Å². The van der Waals surface area contributed by atoms with Gasteiger partial charge in [0.1, 0.15) is 6.10 Å². The monoisotopic (exact) mass is 392 g/mol. The van der Waals surface area contributed by atoms with Crippen LogP contribution in [0.5, 0.6) is 0 Å². The molecular weight excluding hydrogens is 348 g/mol. The molecule has 0 aliphatic heterocycles. The quantitative estimate of drug-likeness (QED) is 0.213. The molecule has 0 aromatic rings. The van der Waals surface area contributed by atoms with Gasteiger partial charge in [-0.2, -0.15) is 0 Å². The van der Waals surface area contributed by atoms with Crippen molar-refractivity contribution < 1.29 is 29.5 Å². The van der Waals surface area contributed by atoms with Crippen molar-refractivity contribution in [2.45, 2.75) is 123 Å². The van der Waals surface area contributed by atoms with Gasteiger partial charge < -0.3 is 29.5 Å². The molecule has 0 aliphatic carbocycles. The van der Waals surface area contributed by atoms with Crippen LogP contribution >= 0.6 is 0 Å². The molecule has 164 valence electrons. The summed E-state index contributed by atoms with van der Waals surface area (Å²) < 4.78 is 16.6. The molecule has 6 heteroatoms. The first-order chi connectivity index (χ1) is 13.0. The van der Waals surface area contributed by atoms with E-state index in [2.05, 4.69) is 20.8 Å². The van der Waals surface area contributed by atoms with Gasteiger partial charge in [-0.1, -0.05) is 59.3 Å². The number of hydrogen-bond acceptors (Lipinski definition) is 6. The third-order valence-electron chi connectivity index (χ3n) is 4.46. The zero-order chi connectivity index (χ0) is 20.3. The van der Waals surface area contributed by atoms with Crippen molar-refractivity contribution in [3.05, 3.63) is 0 Å². The Morgan fingerprint density at radius 1 is 0.556 bits per heavy atom. The zero-order valence-electron chi connectivity index (χ0n) is 17.8. The first-order valence-corrected chi connectivity index (χ1v) is 11.0. The van der Waals surface area contributed by atoms with E-state index in [4.69, 9.17) is 14.2 Å². The molecule has 27 heavy (non-hydrogen) atoms. The van der Waals surface area contributed by atoms with Crippen LogP contribution in [0, 0.1) is 0 Å². The van der Waals surface area contributed by atoms with Crippen LogP contribution in [0.25, 0.3) is 0 Å². The number of aliphatic hydroxyl groups is 3. The Balaban J connectivity index is 4.29. The third kappa shape index (κ3) is 17.6. The fraction of sp³-hybridized carbons (Fsp3) is 1.00. The average Bonchev–Trinajstić information content (AvgIpc) is 2.64. The van der Waals surface area contributed by atoms with Gasteiger partial charge in [-0.3, -0.25) is 0 Å². The maximum atomic E-state index is 10.1. The standard InChI is InChI=1S/C21H44O6/c1-4-7-10-13-19(22)25-16-18(27-21(24)15-12-9-6-3)17-26-20(23)14-11-8-5-2/h18-24H,4-17H2,1-3H3. The largest absolute Gasteiger partial charge is 0.368 e. The highest BCUT2D eigenvalue weighted by Gasteiger charge is 2.19. The first kappa shape index (κ1) is 26.8. The third-order valence-corrected chi connectivity index (χ3v) is 4.46. The maximum Gasteiger partial charge on any atom is 0.155 e. The van der Waals surface area contributed by atoms with Crippen molar-refractivity contribution in [2.24, 2.45) is 0 Å². The van der Waals surface area contributed by atoms with E-state index in [1.165, 1.54) is 0 Å². The summed E-state index contributed by atoms with van der Waals surface area (Å²) in [6.45, 7) is 6.58. The lowest BCUT2D eigenvalue weighted by molar-refractivity contribution is -0.212.